The minimum absolute atomic E-state index is 0.263. The van der Waals surface area contributed by atoms with E-state index in [0.717, 1.165) is 21.3 Å². The number of ether oxygens (including phenoxy) is 4. The number of nitrogens with two attached hydrogens (primary N) is 1. The minimum Gasteiger partial charge on any atom is -0.495 e. The van der Waals surface area contributed by atoms with Crippen molar-refractivity contribution >= 4 is 98.7 Å². The summed E-state index contributed by atoms with van der Waals surface area (Å²) >= 11 is 33.6. The van der Waals surface area contributed by atoms with E-state index in [9.17, 15) is 0 Å². The molecule has 0 spiro atoms. The number of nitrogens with zero attached hydrogens (tertiary/aromatic N) is 8. The number of halogens is 5. The lowest BCUT2D eigenvalue weighted by Crippen LogP contribution is -2.02. The molecule has 0 unspecified atom stereocenters. The summed E-state index contributed by atoms with van der Waals surface area (Å²) in [6.45, 7) is 0. The predicted molar refractivity (Wildman–Crippen MR) is 222 cm³/mol. The van der Waals surface area contributed by atoms with Crippen molar-refractivity contribution in [1.29, 1.82) is 0 Å². The van der Waals surface area contributed by atoms with E-state index in [1.807, 2.05) is 24.6 Å². The van der Waals surface area contributed by atoms with E-state index in [2.05, 4.69) is 45.2 Å². The monoisotopic (exact) mass is 882 g/mol. The maximum Gasteiger partial charge on any atom is 0.143 e. The number of anilines is 3. The van der Waals surface area contributed by atoms with Crippen LogP contribution in [0, 0.1) is 0 Å². The third kappa shape index (κ3) is 10.9. The number of hydrogen-bond donors (Lipinski definition) is 2. The van der Waals surface area contributed by atoms with Gasteiger partial charge in [-0.25, -0.2) is 39.9 Å². The lowest BCUT2D eigenvalue weighted by Gasteiger charge is -2.17. The van der Waals surface area contributed by atoms with Crippen LogP contribution in [-0.2, 0) is 0 Å². The molecule has 0 bridgehead atoms. The largest absolute Gasteiger partial charge is 0.495 e. The number of nitrogens with one attached hydrogen (secondary N) is 1. The van der Waals surface area contributed by atoms with Crippen molar-refractivity contribution in [3.8, 4) is 45.5 Å². The first kappa shape index (κ1) is 43.4. The number of rotatable bonds is 10. The van der Waals surface area contributed by atoms with Gasteiger partial charge in [-0.15, -0.1) is 23.5 Å². The van der Waals surface area contributed by atoms with E-state index in [1.165, 1.54) is 65.5 Å². The van der Waals surface area contributed by atoms with Crippen molar-refractivity contribution in [3.63, 3.8) is 0 Å². The first-order valence-corrected chi connectivity index (χ1v) is 19.6. The van der Waals surface area contributed by atoms with Crippen LogP contribution < -0.4 is 30.0 Å². The Morgan fingerprint density at radius 2 is 0.982 bits per heavy atom. The fourth-order valence-electron chi connectivity index (χ4n) is 4.32. The normalized spacial score (nSPS) is 10.3. The molecule has 0 aliphatic carbocycles. The van der Waals surface area contributed by atoms with Crippen molar-refractivity contribution in [3.05, 3.63) is 87.2 Å². The summed E-state index contributed by atoms with van der Waals surface area (Å²) in [5, 5.41) is 6.48. The highest BCUT2D eigenvalue weighted by molar-refractivity contribution is 7.98. The number of hydrogen-bond acceptors (Lipinski definition) is 16. The number of benzene rings is 2. The fraction of sp³-hybridized carbons (Fsp3) is 0.176. The summed E-state index contributed by atoms with van der Waals surface area (Å²) in [5.41, 5.74) is 9.08. The van der Waals surface area contributed by atoms with Crippen molar-refractivity contribution in [2.24, 2.45) is 0 Å². The standard InChI is InChI=1S/C17H15Cl2N5O2S.C9H7ClN4S.C8H9Cl2NO2/c1-25-11-5-12(26-2)15(19)16(14(11)18)24-17-9(6-20-7-23-17)10-4-13(27-3)22-8-21-10;1-15-8-2-7(12-5-13-8)6-3-11-4-14-9(6)10;1-12-4-3-5(13-2)7(10)8(11)6(4)9/h4-8H,1-3H3,(H,20,23,24);2-5H,1H3;3H,11H2,1-2H3. The molecule has 6 aromatic rings. The van der Waals surface area contributed by atoms with Crippen LogP contribution >= 0.6 is 81.5 Å². The average Bonchev–Trinajstić information content (AvgIpc) is 3.22. The van der Waals surface area contributed by atoms with Gasteiger partial charge in [-0.05, 0) is 24.6 Å². The quantitative estimate of drug-likeness (QED) is 0.0754. The first-order chi connectivity index (χ1) is 26.5. The first-order valence-electron chi connectivity index (χ1n) is 15.2. The fourth-order valence-corrected chi connectivity index (χ4v) is 6.37. The molecule has 21 heteroatoms. The summed E-state index contributed by atoms with van der Waals surface area (Å²) < 4.78 is 20.5. The topological polar surface area (TPSA) is 178 Å². The molecule has 0 fully saturated rings. The Labute approximate surface area is 350 Å². The van der Waals surface area contributed by atoms with Crippen LogP contribution in [0.15, 0.2) is 72.0 Å². The van der Waals surface area contributed by atoms with Crippen LogP contribution in [0.4, 0.5) is 17.2 Å². The van der Waals surface area contributed by atoms with Gasteiger partial charge in [0.1, 0.15) is 79.4 Å². The highest BCUT2D eigenvalue weighted by Crippen LogP contribution is 2.46. The number of methoxy groups -OCH3 is 4. The molecule has 0 amide bonds. The maximum atomic E-state index is 6.44. The van der Waals surface area contributed by atoms with Gasteiger partial charge >= 0.3 is 0 Å². The molecule has 288 valence electrons. The Morgan fingerprint density at radius 3 is 1.44 bits per heavy atom. The van der Waals surface area contributed by atoms with Gasteiger partial charge in [0, 0.05) is 24.5 Å². The Kier molecular flexibility index (Phi) is 16.7. The van der Waals surface area contributed by atoms with Gasteiger partial charge in [-0.1, -0.05) is 58.0 Å². The van der Waals surface area contributed by atoms with Crippen LogP contribution in [0.2, 0.25) is 25.2 Å². The molecular weight excluding hydrogens is 854 g/mol. The van der Waals surface area contributed by atoms with Crippen LogP contribution in [0.3, 0.4) is 0 Å². The van der Waals surface area contributed by atoms with Crippen LogP contribution in [0.25, 0.3) is 22.5 Å². The second-order valence-electron chi connectivity index (χ2n) is 10.1. The highest BCUT2D eigenvalue weighted by Gasteiger charge is 2.20. The predicted octanol–water partition coefficient (Wildman–Crippen LogP) is 9.62. The molecule has 0 saturated heterocycles. The van der Waals surface area contributed by atoms with Gasteiger partial charge < -0.3 is 30.0 Å². The molecule has 2 aromatic carbocycles. The Morgan fingerprint density at radius 1 is 0.545 bits per heavy atom. The van der Waals surface area contributed by atoms with Gasteiger partial charge in [-0.2, -0.15) is 0 Å². The van der Waals surface area contributed by atoms with Gasteiger partial charge in [-0.3, -0.25) is 0 Å². The maximum absolute atomic E-state index is 6.44. The Balaban J connectivity index is 0.000000202. The van der Waals surface area contributed by atoms with E-state index in [0.29, 0.717) is 71.0 Å². The van der Waals surface area contributed by atoms with E-state index >= 15 is 0 Å². The highest BCUT2D eigenvalue weighted by atomic mass is 35.5. The van der Waals surface area contributed by atoms with Gasteiger partial charge in [0.2, 0.25) is 0 Å². The third-order valence-electron chi connectivity index (χ3n) is 7.05. The molecule has 0 radical (unpaired) electrons. The zero-order chi connectivity index (χ0) is 40.1. The van der Waals surface area contributed by atoms with E-state index < -0.39 is 0 Å². The summed E-state index contributed by atoms with van der Waals surface area (Å²) in [6.07, 6.45) is 13.0. The Bertz CT molecular complexity index is 2190. The molecule has 0 aliphatic rings. The van der Waals surface area contributed by atoms with Crippen molar-refractivity contribution < 1.29 is 18.9 Å². The molecule has 4 aromatic heterocycles. The van der Waals surface area contributed by atoms with Gasteiger partial charge in [0.05, 0.1) is 72.4 Å². The summed E-state index contributed by atoms with van der Waals surface area (Å²) in [7, 11) is 6.01. The number of aromatic nitrogens is 8. The SMILES string of the molecule is COc1cc(OC)c(Cl)c(N)c1Cl.COc1cc(OC)c(Cl)c(Nc2ncncc2-c2cc(SC)ncn2)c1Cl.CSc1cc(-c2cncnc2Cl)ncn1. The minimum atomic E-state index is 0.263. The van der Waals surface area contributed by atoms with Gasteiger partial charge in [0.15, 0.2) is 0 Å². The van der Waals surface area contributed by atoms with Crippen molar-refractivity contribution in [2.75, 3.05) is 52.0 Å². The second kappa shape index (κ2) is 21.1. The van der Waals surface area contributed by atoms with Crippen molar-refractivity contribution in [1.82, 2.24) is 39.9 Å². The van der Waals surface area contributed by atoms with Gasteiger partial charge in [0.25, 0.3) is 0 Å². The number of nitrogen functional groups attached to an aromatic ring is 1. The molecule has 4 heterocycles. The lowest BCUT2D eigenvalue weighted by atomic mass is 10.2. The molecule has 55 heavy (non-hydrogen) atoms. The van der Waals surface area contributed by atoms with Crippen molar-refractivity contribution in [2.45, 2.75) is 10.1 Å². The Hall–Kier alpha value is -4.29. The van der Waals surface area contributed by atoms with Crippen LogP contribution in [0.1, 0.15) is 0 Å². The zero-order valence-corrected chi connectivity index (χ0v) is 35.2. The van der Waals surface area contributed by atoms with E-state index in [4.69, 9.17) is 82.7 Å². The zero-order valence-electron chi connectivity index (χ0n) is 29.8. The summed E-state index contributed by atoms with van der Waals surface area (Å²) in [5.74, 6) is 2.21. The lowest BCUT2D eigenvalue weighted by molar-refractivity contribution is 0.395. The molecule has 0 aliphatic heterocycles. The molecule has 14 nitrogen and oxygen atoms in total. The second-order valence-corrected chi connectivity index (χ2v) is 13.7. The molecule has 0 atom stereocenters. The summed E-state index contributed by atoms with van der Waals surface area (Å²) in [6, 6.07) is 6.91. The average molecular weight is 885 g/mol. The molecule has 0 saturated carbocycles. The third-order valence-corrected chi connectivity index (χ3v) is 10.2. The van der Waals surface area contributed by atoms with E-state index in [-0.39, 0.29) is 5.69 Å². The summed E-state index contributed by atoms with van der Waals surface area (Å²) in [4.78, 5) is 32.9. The van der Waals surface area contributed by atoms with Crippen LogP contribution in [0.5, 0.6) is 23.0 Å². The molecular formula is C34H31Cl5N10O4S2. The van der Waals surface area contributed by atoms with Crippen LogP contribution in [-0.4, -0.2) is 80.8 Å². The molecule has 6 rings (SSSR count). The smallest absolute Gasteiger partial charge is 0.143 e. The number of thioether (sulfide) groups is 2. The van der Waals surface area contributed by atoms with E-state index in [1.54, 1.807) is 36.3 Å². The molecule has 3 N–H and O–H groups in total.